The zero-order valence-electron chi connectivity index (χ0n) is 17.7. The first-order valence-electron chi connectivity index (χ1n) is 9.75. The van der Waals surface area contributed by atoms with Crippen molar-refractivity contribution in [2.24, 2.45) is 0 Å². The quantitative estimate of drug-likeness (QED) is 0.116. The van der Waals surface area contributed by atoms with Crippen LogP contribution in [-0.4, -0.2) is 25.3 Å². The molecule has 8 heteroatoms. The number of hydrogen-bond donors (Lipinski definition) is 0. The molecule has 5 nitrogen and oxygen atoms in total. The predicted molar refractivity (Wildman–Crippen MR) is 128 cm³/mol. The van der Waals surface area contributed by atoms with Crippen molar-refractivity contribution in [3.8, 4) is 16.9 Å². The van der Waals surface area contributed by atoms with Gasteiger partial charge in [-0.2, -0.15) is 0 Å². The topological polar surface area (TPSA) is 61.8 Å². The zero-order valence-corrected chi connectivity index (χ0v) is 19.8. The Labute approximate surface area is 203 Å². The summed E-state index contributed by atoms with van der Waals surface area (Å²) in [6.45, 7) is 1.52. The van der Waals surface area contributed by atoms with Gasteiger partial charge < -0.3 is 14.2 Å². The number of halogens is 3. The van der Waals surface area contributed by atoms with Crippen LogP contribution >= 0.6 is 22.6 Å². The molecule has 0 spiro atoms. The van der Waals surface area contributed by atoms with Gasteiger partial charge in [-0.05, 0) is 77.6 Å². The Morgan fingerprint density at radius 3 is 2.18 bits per heavy atom. The fourth-order valence-electron chi connectivity index (χ4n) is 2.79. The van der Waals surface area contributed by atoms with Crippen molar-refractivity contribution in [2.45, 2.75) is 13.2 Å². The molecule has 0 saturated carbocycles. The number of ether oxygens (including phenoxy) is 3. The minimum absolute atomic E-state index is 0.0253. The Kier molecular flexibility index (Phi) is 8.29. The number of hydrogen-bond acceptors (Lipinski definition) is 5. The van der Waals surface area contributed by atoms with Crippen molar-refractivity contribution in [2.75, 3.05) is 7.11 Å². The number of methoxy groups -OCH3 is 1. The van der Waals surface area contributed by atoms with Gasteiger partial charge in [0.25, 0.3) is 0 Å². The molecule has 0 heterocycles. The van der Waals surface area contributed by atoms with Crippen LogP contribution < -0.4 is 4.74 Å². The lowest BCUT2D eigenvalue weighted by Gasteiger charge is -2.12. The highest BCUT2D eigenvalue weighted by atomic mass is 127. The molecule has 3 aromatic rings. The van der Waals surface area contributed by atoms with Crippen LogP contribution in [0.25, 0.3) is 17.2 Å². The summed E-state index contributed by atoms with van der Waals surface area (Å²) in [5, 5.41) is 0. The number of benzene rings is 3. The summed E-state index contributed by atoms with van der Waals surface area (Å²) in [6, 6.07) is 14.7. The fourth-order valence-corrected chi connectivity index (χ4v) is 3.15. The smallest absolute Gasteiger partial charge is 0.340 e. The van der Waals surface area contributed by atoms with E-state index < -0.39 is 29.9 Å². The number of esters is 2. The van der Waals surface area contributed by atoms with Crippen molar-refractivity contribution in [1.29, 1.82) is 0 Å². The Balaban J connectivity index is 1.71. The third kappa shape index (κ3) is 6.69. The molecule has 0 radical (unpaired) electrons. The molecule has 0 aliphatic carbocycles. The molecule has 0 aliphatic rings. The summed E-state index contributed by atoms with van der Waals surface area (Å²) in [5.74, 6) is -3.07. The molecule has 170 valence electrons. The molecule has 0 aromatic heterocycles. The molecule has 3 rings (SSSR count). The summed E-state index contributed by atoms with van der Waals surface area (Å²) in [5.41, 5.74) is 0.673. The second-order valence-corrected chi connectivity index (χ2v) is 8.10. The highest BCUT2D eigenvalue weighted by molar-refractivity contribution is 14.1. The molecule has 0 fully saturated rings. The van der Waals surface area contributed by atoms with Gasteiger partial charge in [-0.3, -0.25) is 0 Å². The minimum atomic E-state index is -0.807. The first-order valence-corrected chi connectivity index (χ1v) is 10.8. The van der Waals surface area contributed by atoms with E-state index in [2.05, 4.69) is 22.6 Å². The Morgan fingerprint density at radius 1 is 0.939 bits per heavy atom. The standard InChI is InChI=1S/C25H19F2IO5/c1-15(31-2)32-25(30)17-6-10-20(22(26)13-17)21-11-9-19(14-23(21)27)33-24(29)12-5-16-3-7-18(28)8-4-16/h3-15H,1-2H3/b12-5+. The van der Waals surface area contributed by atoms with E-state index in [-0.39, 0.29) is 22.4 Å². The normalized spacial score (nSPS) is 11.9. The monoisotopic (exact) mass is 564 g/mol. The van der Waals surface area contributed by atoms with E-state index in [4.69, 9.17) is 14.2 Å². The van der Waals surface area contributed by atoms with Crippen molar-refractivity contribution < 1.29 is 32.6 Å². The molecule has 1 atom stereocenters. The molecule has 0 aliphatic heterocycles. The summed E-state index contributed by atoms with van der Waals surface area (Å²) >= 11 is 2.17. The lowest BCUT2D eigenvalue weighted by molar-refractivity contribution is -0.128. The maximum atomic E-state index is 14.6. The van der Waals surface area contributed by atoms with Gasteiger partial charge in [0.1, 0.15) is 17.4 Å². The summed E-state index contributed by atoms with van der Waals surface area (Å²) in [7, 11) is 1.37. The second-order valence-electron chi connectivity index (χ2n) is 6.85. The van der Waals surface area contributed by atoms with Crippen molar-refractivity contribution in [3.05, 3.63) is 93.1 Å². The first-order chi connectivity index (χ1) is 15.8. The van der Waals surface area contributed by atoms with E-state index in [0.717, 1.165) is 21.3 Å². The van der Waals surface area contributed by atoms with Crippen LogP contribution in [0.3, 0.4) is 0 Å². The lowest BCUT2D eigenvalue weighted by atomic mass is 10.0. The number of carbonyl (C=O) groups excluding carboxylic acids is 2. The third-order valence-electron chi connectivity index (χ3n) is 4.54. The summed E-state index contributed by atoms with van der Waals surface area (Å²) in [6.07, 6.45) is 2.02. The average Bonchev–Trinajstić information content (AvgIpc) is 2.79. The van der Waals surface area contributed by atoms with E-state index in [9.17, 15) is 18.4 Å². The SMILES string of the molecule is COC(C)OC(=O)c1ccc(-c2ccc(OC(=O)/C=C/c3ccc(I)cc3)cc2F)c(F)c1. The predicted octanol–water partition coefficient (Wildman–Crippen LogP) is 6.00. The van der Waals surface area contributed by atoms with Gasteiger partial charge in [0.15, 0.2) is 6.29 Å². The summed E-state index contributed by atoms with van der Waals surface area (Å²) in [4.78, 5) is 24.0. The van der Waals surface area contributed by atoms with Crippen LogP contribution in [0.1, 0.15) is 22.8 Å². The largest absolute Gasteiger partial charge is 0.432 e. The molecule has 0 saturated heterocycles. The van der Waals surface area contributed by atoms with E-state index in [1.165, 1.54) is 44.4 Å². The average molecular weight is 564 g/mol. The van der Waals surface area contributed by atoms with Gasteiger partial charge in [0.2, 0.25) is 0 Å². The minimum Gasteiger partial charge on any atom is -0.432 e. The first kappa shape index (κ1) is 24.5. The Bertz CT molecular complexity index is 1190. The molecule has 3 aromatic carbocycles. The van der Waals surface area contributed by atoms with Crippen LogP contribution in [0.4, 0.5) is 8.78 Å². The number of carbonyl (C=O) groups is 2. The zero-order chi connectivity index (χ0) is 24.0. The Morgan fingerprint density at radius 2 is 1.58 bits per heavy atom. The Hall–Kier alpha value is -3.11. The van der Waals surface area contributed by atoms with E-state index in [1.54, 1.807) is 6.08 Å². The van der Waals surface area contributed by atoms with Gasteiger partial charge in [0.05, 0.1) is 5.56 Å². The fraction of sp³-hybridized carbons (Fsp3) is 0.120. The van der Waals surface area contributed by atoms with E-state index >= 15 is 0 Å². The van der Waals surface area contributed by atoms with Gasteiger partial charge in [-0.25, -0.2) is 18.4 Å². The molecule has 33 heavy (non-hydrogen) atoms. The molecular weight excluding hydrogens is 545 g/mol. The van der Waals surface area contributed by atoms with Crippen molar-refractivity contribution >= 4 is 40.6 Å². The van der Waals surface area contributed by atoms with Crippen LogP contribution in [0.2, 0.25) is 0 Å². The van der Waals surface area contributed by atoms with E-state index in [0.29, 0.717) is 0 Å². The molecule has 0 amide bonds. The summed E-state index contributed by atoms with van der Waals surface area (Å²) < 4.78 is 45.2. The van der Waals surface area contributed by atoms with Crippen LogP contribution in [0.15, 0.2) is 66.7 Å². The highest BCUT2D eigenvalue weighted by Crippen LogP contribution is 2.29. The molecule has 1 unspecified atom stereocenters. The van der Waals surface area contributed by atoms with Crippen molar-refractivity contribution in [3.63, 3.8) is 0 Å². The maximum Gasteiger partial charge on any atom is 0.340 e. The van der Waals surface area contributed by atoms with Gasteiger partial charge >= 0.3 is 11.9 Å². The third-order valence-corrected chi connectivity index (χ3v) is 5.26. The molecule has 0 bridgehead atoms. The van der Waals surface area contributed by atoms with Crippen LogP contribution in [0.5, 0.6) is 5.75 Å². The highest BCUT2D eigenvalue weighted by Gasteiger charge is 2.17. The maximum absolute atomic E-state index is 14.6. The van der Waals surface area contributed by atoms with Crippen LogP contribution in [0, 0.1) is 15.2 Å². The van der Waals surface area contributed by atoms with Gasteiger partial charge in [-0.15, -0.1) is 0 Å². The molecule has 0 N–H and O–H groups in total. The molecular formula is C25H19F2IO5. The van der Waals surface area contributed by atoms with Crippen molar-refractivity contribution in [1.82, 2.24) is 0 Å². The second kappa shape index (κ2) is 11.2. The van der Waals surface area contributed by atoms with Gasteiger partial charge in [0, 0.05) is 33.9 Å². The van der Waals surface area contributed by atoms with Crippen LogP contribution in [-0.2, 0) is 14.3 Å². The van der Waals surface area contributed by atoms with E-state index in [1.807, 2.05) is 24.3 Å². The van der Waals surface area contributed by atoms with Gasteiger partial charge in [-0.1, -0.05) is 18.2 Å². The number of rotatable bonds is 7. The lowest BCUT2D eigenvalue weighted by Crippen LogP contribution is -2.16.